The number of carbonyl (C=O) groups is 1. The molecule has 2 heterocycles. The molecule has 12 heteroatoms. The maximum atomic E-state index is 13.2. The van der Waals surface area contributed by atoms with Gasteiger partial charge in [0.15, 0.2) is 5.82 Å². The van der Waals surface area contributed by atoms with Gasteiger partial charge in [-0.05, 0) is 50.1 Å². The number of alkyl halides is 3. The van der Waals surface area contributed by atoms with Gasteiger partial charge in [0.2, 0.25) is 0 Å². The summed E-state index contributed by atoms with van der Waals surface area (Å²) >= 11 is 0. The Labute approximate surface area is 207 Å². The highest BCUT2D eigenvalue weighted by Crippen LogP contribution is 2.39. The first-order chi connectivity index (χ1) is 17.2. The van der Waals surface area contributed by atoms with E-state index in [9.17, 15) is 23.1 Å². The topological polar surface area (TPSA) is 123 Å². The van der Waals surface area contributed by atoms with Crippen molar-refractivity contribution in [3.63, 3.8) is 0 Å². The van der Waals surface area contributed by atoms with E-state index in [4.69, 9.17) is 15.2 Å². The van der Waals surface area contributed by atoms with Crippen LogP contribution in [0, 0.1) is 0 Å². The molecule has 1 atom stereocenters. The van der Waals surface area contributed by atoms with Crippen molar-refractivity contribution in [2.24, 2.45) is 5.73 Å². The van der Waals surface area contributed by atoms with E-state index in [2.05, 4.69) is 20.4 Å². The van der Waals surface area contributed by atoms with Crippen molar-refractivity contribution in [2.75, 3.05) is 38.7 Å². The van der Waals surface area contributed by atoms with E-state index in [0.717, 1.165) is 25.5 Å². The van der Waals surface area contributed by atoms with E-state index in [1.54, 1.807) is 13.0 Å². The number of halogens is 3. The average molecular weight is 512 g/mol. The summed E-state index contributed by atoms with van der Waals surface area (Å²) in [4.78, 5) is 13.8. The number of aromatic hydroxyl groups is 1. The first-order valence-electron chi connectivity index (χ1n) is 11.8. The summed E-state index contributed by atoms with van der Waals surface area (Å²) in [6.07, 6.45) is -2.47. The molecule has 9 nitrogen and oxygen atoms in total. The van der Waals surface area contributed by atoms with Crippen LogP contribution in [0.15, 0.2) is 18.2 Å². The maximum absolute atomic E-state index is 13.2. The molecule has 1 aromatic carbocycles. The second-order valence-electron chi connectivity index (χ2n) is 8.61. The zero-order chi connectivity index (χ0) is 26.3. The molecule has 1 aliphatic heterocycles. The molecule has 1 fully saturated rings. The van der Waals surface area contributed by atoms with Crippen LogP contribution in [0.3, 0.4) is 0 Å². The fraction of sp³-hybridized carbons (Fsp3) is 0.542. The lowest BCUT2D eigenvalue weighted by Gasteiger charge is -2.33. The lowest BCUT2D eigenvalue weighted by Crippen LogP contribution is -2.43. The van der Waals surface area contributed by atoms with Crippen LogP contribution in [0.5, 0.6) is 5.75 Å². The molecule has 1 aliphatic rings. The molecular weight excluding hydrogens is 479 g/mol. The Balaban J connectivity index is 1.80. The third-order valence-electron chi connectivity index (χ3n) is 5.96. The van der Waals surface area contributed by atoms with E-state index in [-0.39, 0.29) is 42.0 Å². The number of rotatable bonds is 10. The standard InChI is InChI=1S/C24H32F3N5O4/c1-3-36-21(34)6-8-32-7-4-5-18(13-32)29-23-15(12-28)10-19(30-31-23)22-16(14-35-2)9-17(11-20(22)33)24(25,26)27/h9-11,18,33H,3-8,12-14,28H2,1-2H3,(H,29,31)/t18-/m1/s1. The number of benzene rings is 1. The Morgan fingerprint density at radius 3 is 2.72 bits per heavy atom. The van der Waals surface area contributed by atoms with Gasteiger partial charge in [-0.3, -0.25) is 4.79 Å². The van der Waals surface area contributed by atoms with Crippen LogP contribution in [0.2, 0.25) is 0 Å². The zero-order valence-electron chi connectivity index (χ0n) is 20.4. The number of nitrogens with two attached hydrogens (primary N) is 1. The fourth-order valence-electron chi connectivity index (χ4n) is 4.30. The van der Waals surface area contributed by atoms with Crippen LogP contribution in [0.25, 0.3) is 11.3 Å². The predicted octanol–water partition coefficient (Wildman–Crippen LogP) is 3.30. The summed E-state index contributed by atoms with van der Waals surface area (Å²) in [5, 5.41) is 22.2. The lowest BCUT2D eigenvalue weighted by atomic mass is 9.99. The fourth-order valence-corrected chi connectivity index (χ4v) is 4.30. The van der Waals surface area contributed by atoms with Crippen molar-refractivity contribution in [3.8, 4) is 17.0 Å². The highest BCUT2D eigenvalue weighted by Gasteiger charge is 2.33. The molecule has 0 amide bonds. The van der Waals surface area contributed by atoms with Crippen LogP contribution >= 0.6 is 0 Å². The van der Waals surface area contributed by atoms with Gasteiger partial charge in [0.25, 0.3) is 0 Å². The van der Waals surface area contributed by atoms with Gasteiger partial charge in [-0.1, -0.05) is 0 Å². The van der Waals surface area contributed by atoms with Gasteiger partial charge in [0.1, 0.15) is 5.75 Å². The molecule has 4 N–H and O–H groups in total. The maximum Gasteiger partial charge on any atom is 0.416 e. The summed E-state index contributed by atoms with van der Waals surface area (Å²) in [5.41, 5.74) is 6.01. The summed E-state index contributed by atoms with van der Waals surface area (Å²) in [6, 6.07) is 3.26. The summed E-state index contributed by atoms with van der Waals surface area (Å²) in [7, 11) is 1.35. The van der Waals surface area contributed by atoms with E-state index >= 15 is 0 Å². The van der Waals surface area contributed by atoms with Crippen molar-refractivity contribution in [3.05, 3.63) is 34.9 Å². The number of hydrogen-bond acceptors (Lipinski definition) is 9. The summed E-state index contributed by atoms with van der Waals surface area (Å²) in [5.74, 6) is -0.323. The zero-order valence-corrected chi connectivity index (χ0v) is 20.4. The molecular formula is C24H32F3N5O4. The largest absolute Gasteiger partial charge is 0.507 e. The minimum Gasteiger partial charge on any atom is -0.507 e. The number of carbonyl (C=O) groups excluding carboxylic acids is 1. The van der Waals surface area contributed by atoms with E-state index in [1.165, 1.54) is 7.11 Å². The highest BCUT2D eigenvalue weighted by molar-refractivity contribution is 5.73. The number of nitrogens with zero attached hydrogens (tertiary/aromatic N) is 3. The number of ether oxygens (including phenoxy) is 2. The monoisotopic (exact) mass is 511 g/mol. The van der Waals surface area contributed by atoms with Gasteiger partial charge in [0, 0.05) is 43.9 Å². The molecule has 0 radical (unpaired) electrons. The van der Waals surface area contributed by atoms with E-state index in [1.807, 2.05) is 0 Å². The second-order valence-corrected chi connectivity index (χ2v) is 8.61. The predicted molar refractivity (Wildman–Crippen MR) is 127 cm³/mol. The molecule has 36 heavy (non-hydrogen) atoms. The number of nitrogens with one attached hydrogen (secondary N) is 1. The van der Waals surface area contributed by atoms with Crippen LogP contribution < -0.4 is 11.1 Å². The average Bonchev–Trinajstić information content (AvgIpc) is 2.83. The smallest absolute Gasteiger partial charge is 0.416 e. The number of anilines is 1. The lowest BCUT2D eigenvalue weighted by molar-refractivity contribution is -0.143. The van der Waals surface area contributed by atoms with E-state index in [0.29, 0.717) is 43.6 Å². The van der Waals surface area contributed by atoms with Gasteiger partial charge < -0.3 is 30.5 Å². The quantitative estimate of drug-likeness (QED) is 0.412. The van der Waals surface area contributed by atoms with Crippen LogP contribution in [-0.2, 0) is 33.6 Å². The van der Waals surface area contributed by atoms with Crippen LogP contribution in [0.1, 0.15) is 42.9 Å². The third-order valence-corrected chi connectivity index (χ3v) is 5.96. The molecule has 1 saturated heterocycles. The van der Waals surface area contributed by atoms with Gasteiger partial charge in [0.05, 0.1) is 30.9 Å². The Morgan fingerprint density at radius 1 is 1.28 bits per heavy atom. The molecule has 0 spiro atoms. The van der Waals surface area contributed by atoms with Crippen molar-refractivity contribution < 1.29 is 32.5 Å². The molecule has 0 bridgehead atoms. The van der Waals surface area contributed by atoms with Gasteiger partial charge in [-0.25, -0.2) is 0 Å². The van der Waals surface area contributed by atoms with Gasteiger partial charge in [-0.15, -0.1) is 10.2 Å². The van der Waals surface area contributed by atoms with Crippen molar-refractivity contribution in [1.82, 2.24) is 15.1 Å². The molecule has 0 saturated carbocycles. The molecule has 3 rings (SSSR count). The minimum atomic E-state index is -4.62. The highest BCUT2D eigenvalue weighted by atomic mass is 19.4. The summed E-state index contributed by atoms with van der Waals surface area (Å²) in [6.45, 7) is 4.25. The Morgan fingerprint density at radius 2 is 2.06 bits per heavy atom. The van der Waals surface area contributed by atoms with Crippen LogP contribution in [-0.4, -0.2) is 65.6 Å². The van der Waals surface area contributed by atoms with Crippen molar-refractivity contribution >= 4 is 11.8 Å². The van der Waals surface area contributed by atoms with Gasteiger partial charge >= 0.3 is 12.1 Å². The second kappa shape index (κ2) is 12.3. The number of phenols is 1. The Hall–Kier alpha value is -2.96. The third kappa shape index (κ3) is 7.05. The number of hydrogen-bond donors (Lipinski definition) is 3. The number of aromatic nitrogens is 2. The van der Waals surface area contributed by atoms with Gasteiger partial charge in [-0.2, -0.15) is 13.2 Å². The SMILES string of the molecule is CCOC(=O)CCN1CCC[C@@H](Nc2nnc(-c3c(O)cc(C(F)(F)F)cc3COC)cc2CN)C1. The molecule has 198 valence electrons. The number of esters is 1. The molecule has 1 aromatic heterocycles. The first-order valence-corrected chi connectivity index (χ1v) is 11.8. The van der Waals surface area contributed by atoms with Crippen molar-refractivity contribution in [1.29, 1.82) is 0 Å². The Kier molecular flexibility index (Phi) is 9.46. The first kappa shape index (κ1) is 27.6. The molecule has 2 aromatic rings. The number of phenolic OH excluding ortho intramolecular Hbond substituents is 1. The Bertz CT molecular complexity index is 1050. The minimum absolute atomic E-state index is 0.0509. The number of methoxy groups -OCH3 is 1. The normalized spacial score (nSPS) is 16.7. The number of likely N-dealkylation sites (tertiary alicyclic amines) is 1. The van der Waals surface area contributed by atoms with Crippen molar-refractivity contribution in [2.45, 2.75) is 51.6 Å². The summed E-state index contributed by atoms with van der Waals surface area (Å²) < 4.78 is 49.8. The molecule has 0 aliphatic carbocycles. The van der Waals surface area contributed by atoms with Crippen LogP contribution in [0.4, 0.5) is 19.0 Å². The molecule has 0 unspecified atom stereocenters. The van der Waals surface area contributed by atoms with E-state index < -0.39 is 17.5 Å². The number of piperidine rings is 1.